The van der Waals surface area contributed by atoms with Crippen molar-refractivity contribution in [3.05, 3.63) is 44.6 Å². The van der Waals surface area contributed by atoms with Gasteiger partial charge in [-0.3, -0.25) is 19.1 Å². The van der Waals surface area contributed by atoms with Gasteiger partial charge in [0, 0.05) is 18.7 Å². The van der Waals surface area contributed by atoms with Gasteiger partial charge in [0.15, 0.2) is 17.2 Å². The summed E-state index contributed by atoms with van der Waals surface area (Å²) in [4.78, 5) is 42.0. The first kappa shape index (κ1) is 21.5. The molecule has 9 heteroatoms. The number of fused-ring (bicyclic) bond motifs is 1. The normalized spacial score (nSPS) is 12.4. The number of rotatable bonds is 8. The molecule has 0 saturated heterocycles. The number of hydrogen-bond donors (Lipinski definition) is 2. The number of anilines is 2. The number of H-pyrrole nitrogens is 1. The number of carbonyl (C=O) groups excluding carboxylic acids is 1. The minimum absolute atomic E-state index is 0.00458. The molecule has 2 heterocycles. The summed E-state index contributed by atoms with van der Waals surface area (Å²) in [5, 5.41) is 0. The molecule has 0 saturated carbocycles. The Bertz CT molecular complexity index is 1040. The van der Waals surface area contributed by atoms with Crippen LogP contribution in [0.2, 0.25) is 0 Å². The van der Waals surface area contributed by atoms with Gasteiger partial charge in [-0.05, 0) is 37.0 Å². The summed E-state index contributed by atoms with van der Waals surface area (Å²) in [5.74, 6) is 0.926. The van der Waals surface area contributed by atoms with Crippen molar-refractivity contribution in [2.75, 3.05) is 24.0 Å². The van der Waals surface area contributed by atoms with Crippen LogP contribution in [0.5, 0.6) is 11.5 Å². The Labute approximate surface area is 174 Å². The molecule has 0 unspecified atom stereocenters. The number of nitrogens with zero attached hydrogens (tertiary/aromatic N) is 2. The van der Waals surface area contributed by atoms with Gasteiger partial charge in [-0.25, -0.2) is 4.79 Å². The van der Waals surface area contributed by atoms with E-state index in [1.807, 2.05) is 20.8 Å². The van der Waals surface area contributed by atoms with Crippen LogP contribution in [0.1, 0.15) is 50.4 Å². The number of unbranched alkanes of at least 4 members (excludes halogenated alkanes) is 1. The number of ether oxygens (including phenoxy) is 2. The Balaban J connectivity index is 2.07. The predicted octanol–water partition coefficient (Wildman–Crippen LogP) is 2.34. The number of aromatic nitrogens is 2. The number of amides is 1. The Hall–Kier alpha value is -3.23. The highest BCUT2D eigenvalue weighted by molar-refractivity contribution is 6.07. The van der Waals surface area contributed by atoms with E-state index in [0.29, 0.717) is 35.9 Å². The highest BCUT2D eigenvalue weighted by Crippen LogP contribution is 2.33. The monoisotopic (exact) mass is 416 g/mol. The first-order valence-corrected chi connectivity index (χ1v) is 10.2. The molecule has 1 aromatic carbocycles. The molecule has 0 fully saturated rings. The van der Waals surface area contributed by atoms with Crippen molar-refractivity contribution >= 4 is 17.4 Å². The summed E-state index contributed by atoms with van der Waals surface area (Å²) >= 11 is 0. The largest absolute Gasteiger partial charge is 0.454 e. The van der Waals surface area contributed by atoms with Gasteiger partial charge >= 0.3 is 5.69 Å². The van der Waals surface area contributed by atoms with Gasteiger partial charge in [0.05, 0.1) is 0 Å². The van der Waals surface area contributed by atoms with Crippen molar-refractivity contribution in [1.82, 2.24) is 9.55 Å². The lowest BCUT2D eigenvalue weighted by atomic mass is 10.1. The molecule has 0 aliphatic carbocycles. The Kier molecular flexibility index (Phi) is 6.49. The fourth-order valence-corrected chi connectivity index (χ4v) is 3.26. The van der Waals surface area contributed by atoms with Crippen molar-refractivity contribution in [2.24, 2.45) is 5.92 Å². The molecule has 1 aliphatic heterocycles. The standard InChI is InChI=1S/C21H28N4O5/c1-4-5-9-25-18(22)17(19(26)23-21(25)28)24(10-8-13(2)3)20(27)14-6-7-15-16(11-14)30-12-29-15/h6-7,11,13H,4-5,8-10,12,22H2,1-3H3,(H,23,26,28). The number of carbonyl (C=O) groups is 1. The maximum absolute atomic E-state index is 13.4. The third kappa shape index (κ3) is 4.34. The molecule has 0 bridgehead atoms. The molecule has 9 nitrogen and oxygen atoms in total. The van der Waals surface area contributed by atoms with Crippen molar-refractivity contribution in [1.29, 1.82) is 0 Å². The molecule has 162 valence electrons. The topological polar surface area (TPSA) is 120 Å². The van der Waals surface area contributed by atoms with Gasteiger partial charge in [-0.1, -0.05) is 27.2 Å². The molecule has 3 rings (SSSR count). The summed E-state index contributed by atoms with van der Waals surface area (Å²) in [7, 11) is 0. The third-order valence-corrected chi connectivity index (χ3v) is 5.01. The van der Waals surface area contributed by atoms with Crippen LogP contribution in [0.4, 0.5) is 11.5 Å². The number of nitrogen functional groups attached to an aromatic ring is 1. The second-order valence-electron chi connectivity index (χ2n) is 7.71. The number of hydrogen-bond acceptors (Lipinski definition) is 6. The SMILES string of the molecule is CCCCn1c(N)c(N(CCC(C)C)C(=O)c2ccc3c(c2)OCO3)c(=O)[nH]c1=O. The summed E-state index contributed by atoms with van der Waals surface area (Å²) in [6, 6.07) is 4.87. The maximum Gasteiger partial charge on any atom is 0.330 e. The summed E-state index contributed by atoms with van der Waals surface area (Å²) in [6.07, 6.45) is 2.23. The average Bonchev–Trinajstić information content (AvgIpc) is 3.17. The first-order valence-electron chi connectivity index (χ1n) is 10.2. The fraction of sp³-hybridized carbons (Fsp3) is 0.476. The minimum Gasteiger partial charge on any atom is -0.454 e. The summed E-state index contributed by atoms with van der Waals surface area (Å²) < 4.78 is 12.0. The highest BCUT2D eigenvalue weighted by Gasteiger charge is 2.26. The molecular weight excluding hydrogens is 388 g/mol. The molecule has 0 spiro atoms. The van der Waals surface area contributed by atoms with E-state index in [2.05, 4.69) is 4.98 Å². The zero-order chi connectivity index (χ0) is 21.8. The highest BCUT2D eigenvalue weighted by atomic mass is 16.7. The van der Waals surface area contributed by atoms with Gasteiger partial charge in [0.25, 0.3) is 11.5 Å². The van der Waals surface area contributed by atoms with Crippen molar-refractivity contribution in [3.63, 3.8) is 0 Å². The van der Waals surface area contributed by atoms with Crippen molar-refractivity contribution in [2.45, 2.75) is 46.6 Å². The van der Waals surface area contributed by atoms with E-state index in [0.717, 1.165) is 12.8 Å². The van der Waals surface area contributed by atoms with E-state index in [4.69, 9.17) is 15.2 Å². The Morgan fingerprint density at radius 2 is 2.00 bits per heavy atom. The van der Waals surface area contributed by atoms with Gasteiger partial charge in [-0.15, -0.1) is 0 Å². The molecule has 2 aromatic rings. The van der Waals surface area contributed by atoms with Crippen LogP contribution < -0.4 is 31.4 Å². The first-order chi connectivity index (χ1) is 14.3. The van der Waals surface area contributed by atoms with Crippen LogP contribution in [-0.4, -0.2) is 28.8 Å². The smallest absolute Gasteiger partial charge is 0.330 e. The Morgan fingerprint density at radius 1 is 1.27 bits per heavy atom. The average molecular weight is 416 g/mol. The third-order valence-electron chi connectivity index (χ3n) is 5.01. The van der Waals surface area contributed by atoms with Gasteiger partial charge in [-0.2, -0.15) is 0 Å². The summed E-state index contributed by atoms with van der Waals surface area (Å²) in [5.41, 5.74) is 5.33. The molecule has 1 amide bonds. The van der Waals surface area contributed by atoms with Crippen LogP contribution >= 0.6 is 0 Å². The van der Waals surface area contributed by atoms with E-state index >= 15 is 0 Å². The second-order valence-corrected chi connectivity index (χ2v) is 7.71. The molecular formula is C21H28N4O5. The lowest BCUT2D eigenvalue weighted by Gasteiger charge is -2.25. The van der Waals surface area contributed by atoms with Gasteiger partial charge in [0.1, 0.15) is 5.82 Å². The zero-order valence-corrected chi connectivity index (χ0v) is 17.6. The van der Waals surface area contributed by atoms with E-state index in [1.165, 1.54) is 9.47 Å². The van der Waals surface area contributed by atoms with Crippen molar-refractivity contribution in [3.8, 4) is 11.5 Å². The maximum atomic E-state index is 13.4. The number of nitrogens with one attached hydrogen (secondary N) is 1. The fourth-order valence-electron chi connectivity index (χ4n) is 3.26. The van der Waals surface area contributed by atoms with Crippen LogP contribution in [0.25, 0.3) is 0 Å². The van der Waals surface area contributed by atoms with Crippen LogP contribution in [0.3, 0.4) is 0 Å². The van der Waals surface area contributed by atoms with E-state index in [1.54, 1.807) is 18.2 Å². The van der Waals surface area contributed by atoms with Gasteiger partial charge < -0.3 is 20.1 Å². The predicted molar refractivity (Wildman–Crippen MR) is 114 cm³/mol. The van der Waals surface area contributed by atoms with Crippen LogP contribution in [0.15, 0.2) is 27.8 Å². The molecule has 3 N–H and O–H groups in total. The molecule has 0 atom stereocenters. The van der Waals surface area contributed by atoms with E-state index < -0.39 is 17.2 Å². The zero-order valence-electron chi connectivity index (χ0n) is 17.6. The quantitative estimate of drug-likeness (QED) is 0.682. The molecule has 1 aliphatic rings. The lowest BCUT2D eigenvalue weighted by molar-refractivity contribution is 0.0985. The molecule has 30 heavy (non-hydrogen) atoms. The molecule has 1 aromatic heterocycles. The van der Waals surface area contributed by atoms with Crippen molar-refractivity contribution < 1.29 is 14.3 Å². The van der Waals surface area contributed by atoms with E-state index in [-0.39, 0.29) is 24.8 Å². The number of nitrogens with two attached hydrogens (primary N) is 1. The summed E-state index contributed by atoms with van der Waals surface area (Å²) in [6.45, 7) is 6.79. The number of aromatic amines is 1. The van der Waals surface area contributed by atoms with Crippen LogP contribution in [-0.2, 0) is 6.54 Å². The van der Waals surface area contributed by atoms with E-state index in [9.17, 15) is 14.4 Å². The molecule has 0 radical (unpaired) electrons. The van der Waals surface area contributed by atoms with Gasteiger partial charge in [0.2, 0.25) is 6.79 Å². The lowest BCUT2D eigenvalue weighted by Crippen LogP contribution is -2.42. The van der Waals surface area contributed by atoms with Crippen LogP contribution in [0, 0.1) is 5.92 Å². The second kappa shape index (κ2) is 9.06. The Morgan fingerprint density at radius 3 is 2.70 bits per heavy atom. The minimum atomic E-state index is -0.678. The number of benzene rings is 1.